The number of hydrogen-bond acceptors (Lipinski definition) is 2. The van der Waals surface area contributed by atoms with E-state index in [2.05, 4.69) is 33.1 Å². The number of carbonyl (C=O) groups excluding carboxylic acids is 1. The van der Waals surface area contributed by atoms with E-state index in [0.29, 0.717) is 10.9 Å². The largest absolute Gasteiger partial charge is 0.480 e. The fraction of sp³-hybridized carbons (Fsp3) is 0.500. The molecule has 0 aliphatic heterocycles. The number of carboxylic acid groups (broad SMARTS) is 1. The maximum absolute atomic E-state index is 11.1. The number of nitrogens with one attached hydrogen (secondary N) is 2. The Hall–Kier alpha value is -1.04. The zero-order valence-corrected chi connectivity index (χ0v) is 9.43. The summed E-state index contributed by atoms with van der Waals surface area (Å²) in [5.74, 6) is -1.04. The third-order valence-corrected chi connectivity index (χ3v) is 1.73. The maximum atomic E-state index is 11.1. The summed E-state index contributed by atoms with van der Waals surface area (Å²) in [6.07, 6.45) is 0.345. The van der Waals surface area contributed by atoms with Gasteiger partial charge in [-0.15, -0.1) is 0 Å². The van der Waals surface area contributed by atoms with Crippen LogP contribution in [0.5, 0.6) is 0 Å². The van der Waals surface area contributed by atoms with Crippen molar-refractivity contribution in [2.45, 2.75) is 19.4 Å². The first-order valence-corrected chi connectivity index (χ1v) is 4.87. The topological polar surface area (TPSA) is 78.4 Å². The van der Waals surface area contributed by atoms with E-state index in [1.165, 1.54) is 0 Å². The van der Waals surface area contributed by atoms with E-state index in [1.807, 2.05) is 0 Å². The second-order valence-electron chi connectivity index (χ2n) is 2.64. The Morgan fingerprint density at radius 2 is 2.14 bits per heavy atom. The van der Waals surface area contributed by atoms with Gasteiger partial charge in [0.05, 0.1) is 6.54 Å². The van der Waals surface area contributed by atoms with E-state index in [0.717, 1.165) is 0 Å². The van der Waals surface area contributed by atoms with Crippen LogP contribution in [0.2, 0.25) is 0 Å². The van der Waals surface area contributed by atoms with Gasteiger partial charge in [-0.05, 0) is 6.42 Å². The molecule has 0 heterocycles. The summed E-state index contributed by atoms with van der Waals surface area (Å²) in [7, 11) is 0. The van der Waals surface area contributed by atoms with Crippen LogP contribution in [0.3, 0.4) is 0 Å². The van der Waals surface area contributed by atoms with Crippen LogP contribution in [-0.4, -0.2) is 29.7 Å². The van der Waals surface area contributed by atoms with Crippen molar-refractivity contribution < 1.29 is 14.7 Å². The van der Waals surface area contributed by atoms with Gasteiger partial charge in [0.2, 0.25) is 0 Å². The molecule has 14 heavy (non-hydrogen) atoms. The lowest BCUT2D eigenvalue weighted by atomic mass is 10.2. The van der Waals surface area contributed by atoms with Crippen LogP contribution in [0.15, 0.2) is 11.1 Å². The minimum absolute atomic E-state index is 0.266. The predicted octanol–water partition coefficient (Wildman–Crippen LogP) is 1.06. The number of urea groups is 1. The van der Waals surface area contributed by atoms with E-state index in [-0.39, 0.29) is 6.54 Å². The van der Waals surface area contributed by atoms with E-state index in [4.69, 9.17) is 5.11 Å². The Morgan fingerprint density at radius 3 is 2.50 bits per heavy atom. The normalized spacial score (nSPS) is 11.6. The lowest BCUT2D eigenvalue weighted by Gasteiger charge is -2.12. The molecule has 0 radical (unpaired) electrons. The van der Waals surface area contributed by atoms with Gasteiger partial charge >= 0.3 is 12.0 Å². The lowest BCUT2D eigenvalue weighted by Crippen LogP contribution is -2.45. The van der Waals surface area contributed by atoms with Crippen molar-refractivity contribution in [3.05, 3.63) is 11.1 Å². The van der Waals surface area contributed by atoms with E-state index in [1.54, 1.807) is 6.92 Å². The molecule has 0 aromatic carbocycles. The van der Waals surface area contributed by atoms with Crippen molar-refractivity contribution in [3.8, 4) is 0 Å². The van der Waals surface area contributed by atoms with Gasteiger partial charge in [-0.1, -0.05) is 29.4 Å². The van der Waals surface area contributed by atoms with Crippen molar-refractivity contribution in [2.24, 2.45) is 0 Å². The molecule has 0 fully saturated rings. The number of halogens is 1. The molecule has 0 saturated carbocycles. The molecule has 0 bridgehead atoms. The van der Waals surface area contributed by atoms with Crippen LogP contribution in [-0.2, 0) is 4.79 Å². The third kappa shape index (κ3) is 5.58. The van der Waals surface area contributed by atoms with Crippen molar-refractivity contribution in [1.82, 2.24) is 10.6 Å². The molecular weight excluding hydrogens is 252 g/mol. The van der Waals surface area contributed by atoms with Gasteiger partial charge < -0.3 is 15.7 Å². The molecule has 2 amide bonds. The highest BCUT2D eigenvalue weighted by Gasteiger charge is 2.16. The number of rotatable bonds is 5. The zero-order chi connectivity index (χ0) is 11.1. The summed E-state index contributed by atoms with van der Waals surface area (Å²) in [5.41, 5.74) is 0. The van der Waals surface area contributed by atoms with Gasteiger partial charge in [0.15, 0.2) is 0 Å². The molecule has 1 unspecified atom stereocenters. The number of hydrogen-bond donors (Lipinski definition) is 3. The molecule has 0 aliphatic rings. The molecule has 80 valence electrons. The standard InChI is InChI=1S/C8H13BrN2O3/c1-3-6(7(12)13)11-8(14)10-4-5(2)9/h6H,2-4H2,1H3,(H,12,13)(H2,10,11,14). The summed E-state index contributed by atoms with van der Waals surface area (Å²) in [6.45, 7) is 5.47. The van der Waals surface area contributed by atoms with Gasteiger partial charge in [0, 0.05) is 4.48 Å². The van der Waals surface area contributed by atoms with Crippen LogP contribution < -0.4 is 10.6 Å². The molecular formula is C8H13BrN2O3. The Balaban J connectivity index is 3.91. The molecule has 5 nitrogen and oxygen atoms in total. The smallest absolute Gasteiger partial charge is 0.326 e. The number of carboxylic acids is 1. The summed E-state index contributed by atoms with van der Waals surface area (Å²) >= 11 is 3.06. The van der Waals surface area contributed by atoms with E-state index >= 15 is 0 Å². The lowest BCUT2D eigenvalue weighted by molar-refractivity contribution is -0.139. The van der Waals surface area contributed by atoms with Crippen LogP contribution in [0.1, 0.15) is 13.3 Å². The van der Waals surface area contributed by atoms with Crippen LogP contribution in [0.4, 0.5) is 4.79 Å². The Bertz CT molecular complexity index is 243. The first kappa shape index (κ1) is 13.0. The minimum Gasteiger partial charge on any atom is -0.480 e. The van der Waals surface area contributed by atoms with Crippen molar-refractivity contribution in [2.75, 3.05) is 6.54 Å². The zero-order valence-electron chi connectivity index (χ0n) is 7.84. The Kier molecular flexibility index (Phi) is 5.94. The minimum atomic E-state index is -1.04. The molecule has 0 rings (SSSR count). The summed E-state index contributed by atoms with van der Waals surface area (Å²) in [5, 5.41) is 13.4. The van der Waals surface area contributed by atoms with Gasteiger partial charge in [-0.25, -0.2) is 9.59 Å². The molecule has 3 N–H and O–H groups in total. The fourth-order valence-corrected chi connectivity index (χ4v) is 0.864. The molecule has 0 aliphatic carbocycles. The number of carbonyl (C=O) groups is 2. The highest BCUT2D eigenvalue weighted by molar-refractivity contribution is 9.11. The summed E-state index contributed by atoms with van der Waals surface area (Å²) in [4.78, 5) is 21.6. The molecule has 0 spiro atoms. The van der Waals surface area contributed by atoms with Crippen molar-refractivity contribution in [3.63, 3.8) is 0 Å². The first-order chi connectivity index (χ1) is 6.47. The molecule has 6 heteroatoms. The molecule has 0 saturated heterocycles. The average Bonchev–Trinajstić information content (AvgIpc) is 2.10. The number of amides is 2. The second kappa shape index (κ2) is 6.42. The van der Waals surface area contributed by atoms with Crippen molar-refractivity contribution >= 4 is 27.9 Å². The van der Waals surface area contributed by atoms with Crippen LogP contribution in [0, 0.1) is 0 Å². The predicted molar refractivity (Wildman–Crippen MR) is 56.3 cm³/mol. The highest BCUT2D eigenvalue weighted by Crippen LogP contribution is 1.96. The monoisotopic (exact) mass is 264 g/mol. The van der Waals surface area contributed by atoms with Gasteiger partial charge in [0.1, 0.15) is 6.04 Å². The quantitative estimate of drug-likeness (QED) is 0.695. The van der Waals surface area contributed by atoms with Crippen LogP contribution >= 0.6 is 15.9 Å². The Labute approximate surface area is 90.7 Å². The highest BCUT2D eigenvalue weighted by atomic mass is 79.9. The van der Waals surface area contributed by atoms with Crippen molar-refractivity contribution in [1.29, 1.82) is 0 Å². The van der Waals surface area contributed by atoms with Gasteiger partial charge in [-0.2, -0.15) is 0 Å². The third-order valence-electron chi connectivity index (χ3n) is 1.45. The van der Waals surface area contributed by atoms with E-state index < -0.39 is 18.0 Å². The molecule has 0 aromatic rings. The maximum Gasteiger partial charge on any atom is 0.326 e. The van der Waals surface area contributed by atoms with E-state index in [9.17, 15) is 9.59 Å². The molecule has 1 atom stereocenters. The summed E-state index contributed by atoms with van der Waals surface area (Å²) in [6, 6.07) is -1.36. The second-order valence-corrected chi connectivity index (χ2v) is 3.76. The molecule has 0 aromatic heterocycles. The van der Waals surface area contributed by atoms with Gasteiger partial charge in [-0.3, -0.25) is 0 Å². The number of aliphatic carboxylic acids is 1. The summed E-state index contributed by atoms with van der Waals surface area (Å²) < 4.78 is 0.621. The van der Waals surface area contributed by atoms with Gasteiger partial charge in [0.25, 0.3) is 0 Å². The average molecular weight is 265 g/mol. The van der Waals surface area contributed by atoms with Crippen LogP contribution in [0.25, 0.3) is 0 Å². The fourth-order valence-electron chi connectivity index (χ4n) is 0.724. The SMILES string of the molecule is C=C(Br)CNC(=O)NC(CC)C(=O)O. The Morgan fingerprint density at radius 1 is 1.57 bits per heavy atom. The first-order valence-electron chi connectivity index (χ1n) is 4.07.